The minimum absolute atomic E-state index is 0.0341. The van der Waals surface area contributed by atoms with Crippen LogP contribution in [0.2, 0.25) is 0 Å². The molecule has 0 aliphatic heterocycles. The maximum absolute atomic E-state index is 12.2. The molecule has 0 radical (unpaired) electrons. The second-order valence-corrected chi connectivity index (χ2v) is 7.04. The Labute approximate surface area is 167 Å². The molecule has 0 bridgehead atoms. The molecule has 3 N–H and O–H groups in total. The van der Waals surface area contributed by atoms with Gasteiger partial charge in [0.1, 0.15) is 6.54 Å². The van der Waals surface area contributed by atoms with Crippen molar-refractivity contribution < 1.29 is 19.5 Å². The molecule has 0 saturated carbocycles. The summed E-state index contributed by atoms with van der Waals surface area (Å²) >= 11 is 1.18. The lowest BCUT2D eigenvalue weighted by Gasteiger charge is -2.11. The highest BCUT2D eigenvalue weighted by molar-refractivity contribution is 7.99. The maximum Gasteiger partial charge on any atom is 0.240 e. The summed E-state index contributed by atoms with van der Waals surface area (Å²) in [5.41, 5.74) is 1.68. The maximum atomic E-state index is 12.2. The van der Waals surface area contributed by atoms with Gasteiger partial charge in [0.25, 0.3) is 0 Å². The van der Waals surface area contributed by atoms with Crippen molar-refractivity contribution in [3.63, 3.8) is 0 Å². The highest BCUT2D eigenvalue weighted by atomic mass is 32.2. The van der Waals surface area contributed by atoms with Crippen LogP contribution >= 0.6 is 11.8 Å². The van der Waals surface area contributed by atoms with E-state index in [4.69, 9.17) is 0 Å². The molecule has 2 amide bonds. The fraction of sp³-hybridized carbons (Fsp3) is 0.368. The van der Waals surface area contributed by atoms with Gasteiger partial charge in [0.15, 0.2) is 10.9 Å². The minimum atomic E-state index is -0.247. The summed E-state index contributed by atoms with van der Waals surface area (Å²) in [6, 6.07) is 6.64. The van der Waals surface area contributed by atoms with E-state index in [0.29, 0.717) is 28.6 Å². The molecule has 0 unspecified atom stereocenters. The molecule has 0 saturated heterocycles. The highest BCUT2D eigenvalue weighted by Crippen LogP contribution is 2.19. The van der Waals surface area contributed by atoms with Crippen molar-refractivity contribution in [2.75, 3.05) is 17.6 Å². The number of nitrogens with zero attached hydrogens (tertiary/aromatic N) is 2. The molecule has 2 rings (SSSR count). The SMILES string of the molecule is CCCNC(=O)Cn1c(CO)cnc1SCC(=O)Nc1ccc(C(C)=O)cc1. The third-order valence-corrected chi connectivity index (χ3v) is 4.84. The quantitative estimate of drug-likeness (QED) is 0.411. The number of imidazole rings is 1. The zero-order valence-corrected chi connectivity index (χ0v) is 16.7. The largest absolute Gasteiger partial charge is 0.390 e. The molecule has 8 nitrogen and oxygen atoms in total. The minimum Gasteiger partial charge on any atom is -0.390 e. The number of aromatic nitrogens is 2. The van der Waals surface area contributed by atoms with Crippen LogP contribution in [-0.4, -0.2) is 44.6 Å². The predicted octanol–water partition coefficient (Wildman–Crippen LogP) is 1.83. The Morgan fingerprint density at radius 2 is 1.89 bits per heavy atom. The molecular formula is C19H24N4O4S. The third-order valence-electron chi connectivity index (χ3n) is 3.85. The molecule has 28 heavy (non-hydrogen) atoms. The van der Waals surface area contributed by atoms with Gasteiger partial charge in [-0.05, 0) is 37.6 Å². The van der Waals surface area contributed by atoms with Crippen molar-refractivity contribution in [2.24, 2.45) is 0 Å². The van der Waals surface area contributed by atoms with E-state index in [1.165, 1.54) is 24.9 Å². The molecule has 0 fully saturated rings. The van der Waals surface area contributed by atoms with Gasteiger partial charge in [0, 0.05) is 17.8 Å². The molecule has 1 heterocycles. The lowest BCUT2D eigenvalue weighted by molar-refractivity contribution is -0.121. The second-order valence-electron chi connectivity index (χ2n) is 6.10. The van der Waals surface area contributed by atoms with Crippen molar-refractivity contribution in [1.29, 1.82) is 0 Å². The fourth-order valence-electron chi connectivity index (χ4n) is 2.38. The second kappa shape index (κ2) is 10.6. The van der Waals surface area contributed by atoms with Crippen LogP contribution in [0.1, 0.15) is 36.3 Å². The number of rotatable bonds is 10. The van der Waals surface area contributed by atoms with Crippen LogP contribution in [0, 0.1) is 0 Å². The summed E-state index contributed by atoms with van der Waals surface area (Å²) in [4.78, 5) is 39.7. The summed E-state index contributed by atoms with van der Waals surface area (Å²) < 4.78 is 1.60. The van der Waals surface area contributed by atoms with Crippen molar-refractivity contribution >= 4 is 35.0 Å². The van der Waals surface area contributed by atoms with E-state index in [9.17, 15) is 19.5 Å². The molecule has 150 valence electrons. The number of carbonyl (C=O) groups is 3. The average molecular weight is 404 g/mol. The molecule has 2 aromatic rings. The van der Waals surface area contributed by atoms with Crippen molar-refractivity contribution in [3.05, 3.63) is 41.7 Å². The number of carbonyl (C=O) groups excluding carboxylic acids is 3. The Balaban J connectivity index is 1.95. The Kier molecular flexibility index (Phi) is 8.21. The number of benzene rings is 1. The molecule has 0 aliphatic carbocycles. The van der Waals surface area contributed by atoms with E-state index in [1.54, 1.807) is 28.8 Å². The zero-order valence-electron chi connectivity index (χ0n) is 15.9. The van der Waals surface area contributed by atoms with E-state index in [0.717, 1.165) is 6.42 Å². The van der Waals surface area contributed by atoms with Crippen LogP contribution in [0.15, 0.2) is 35.6 Å². The molecule has 0 aliphatic rings. The predicted molar refractivity (Wildman–Crippen MR) is 107 cm³/mol. The normalized spacial score (nSPS) is 10.5. The fourth-order valence-corrected chi connectivity index (χ4v) is 3.18. The summed E-state index contributed by atoms with van der Waals surface area (Å²) in [5, 5.41) is 15.5. The van der Waals surface area contributed by atoms with Crippen LogP contribution < -0.4 is 10.6 Å². The molecule has 9 heteroatoms. The summed E-state index contributed by atoms with van der Waals surface area (Å²) in [6.45, 7) is 3.81. The Morgan fingerprint density at radius 1 is 1.18 bits per heavy atom. The monoisotopic (exact) mass is 404 g/mol. The zero-order chi connectivity index (χ0) is 20.5. The number of hydrogen-bond donors (Lipinski definition) is 3. The number of Topliss-reactive ketones (excluding diaryl/α,β-unsaturated/α-hetero) is 1. The summed E-state index contributed by atoms with van der Waals surface area (Å²) in [7, 11) is 0. The van der Waals surface area contributed by atoms with Gasteiger partial charge in [-0.1, -0.05) is 18.7 Å². The number of aliphatic hydroxyl groups is 1. The van der Waals surface area contributed by atoms with E-state index in [1.807, 2.05) is 6.92 Å². The highest BCUT2D eigenvalue weighted by Gasteiger charge is 2.15. The average Bonchev–Trinajstić information content (AvgIpc) is 3.06. The number of hydrogen-bond acceptors (Lipinski definition) is 6. The summed E-state index contributed by atoms with van der Waals surface area (Å²) in [5.74, 6) is -0.363. The van der Waals surface area contributed by atoms with Gasteiger partial charge in [-0.3, -0.25) is 14.4 Å². The Bertz CT molecular complexity index is 833. The first-order valence-electron chi connectivity index (χ1n) is 8.90. The van der Waals surface area contributed by atoms with Gasteiger partial charge in [-0.25, -0.2) is 4.98 Å². The van der Waals surface area contributed by atoms with Gasteiger partial charge >= 0.3 is 0 Å². The smallest absolute Gasteiger partial charge is 0.240 e. The van der Waals surface area contributed by atoms with Crippen LogP contribution in [0.25, 0.3) is 0 Å². The van der Waals surface area contributed by atoms with E-state index >= 15 is 0 Å². The van der Waals surface area contributed by atoms with Crippen LogP contribution in [-0.2, 0) is 22.7 Å². The van der Waals surface area contributed by atoms with Crippen molar-refractivity contribution in [2.45, 2.75) is 38.6 Å². The standard InChI is InChI=1S/C19H24N4O4S/c1-3-8-20-17(26)10-23-16(11-24)9-21-19(23)28-12-18(27)22-15-6-4-14(5-7-15)13(2)25/h4-7,9,24H,3,8,10-12H2,1-2H3,(H,20,26)(H,22,27). The first-order valence-corrected chi connectivity index (χ1v) is 9.88. The van der Waals surface area contributed by atoms with Crippen LogP contribution in [0.5, 0.6) is 0 Å². The number of amides is 2. The number of anilines is 1. The number of ketones is 1. The van der Waals surface area contributed by atoms with Gasteiger partial charge in [-0.15, -0.1) is 0 Å². The van der Waals surface area contributed by atoms with Gasteiger partial charge in [0.2, 0.25) is 11.8 Å². The molecule has 1 aromatic carbocycles. The van der Waals surface area contributed by atoms with Gasteiger partial charge in [0.05, 0.1) is 24.3 Å². The van der Waals surface area contributed by atoms with E-state index in [-0.39, 0.29) is 36.5 Å². The number of thioether (sulfide) groups is 1. The molecule has 1 aromatic heterocycles. The van der Waals surface area contributed by atoms with E-state index in [2.05, 4.69) is 15.6 Å². The first-order chi connectivity index (χ1) is 13.4. The molecule has 0 spiro atoms. The molecule has 0 atom stereocenters. The van der Waals surface area contributed by atoms with Crippen molar-refractivity contribution in [1.82, 2.24) is 14.9 Å². The first kappa shape index (κ1) is 21.6. The van der Waals surface area contributed by atoms with Gasteiger partial charge in [-0.2, -0.15) is 0 Å². The van der Waals surface area contributed by atoms with Gasteiger partial charge < -0.3 is 20.3 Å². The Hall–Kier alpha value is -2.65. The van der Waals surface area contributed by atoms with E-state index < -0.39 is 0 Å². The lowest BCUT2D eigenvalue weighted by Crippen LogP contribution is -2.29. The number of aliphatic hydroxyl groups excluding tert-OH is 1. The van der Waals surface area contributed by atoms with Crippen molar-refractivity contribution in [3.8, 4) is 0 Å². The van der Waals surface area contributed by atoms with Crippen LogP contribution in [0.4, 0.5) is 5.69 Å². The summed E-state index contributed by atoms with van der Waals surface area (Å²) in [6.07, 6.45) is 2.32. The number of nitrogens with one attached hydrogen (secondary N) is 2. The topological polar surface area (TPSA) is 113 Å². The molecular weight excluding hydrogens is 380 g/mol. The Morgan fingerprint density at radius 3 is 2.50 bits per heavy atom. The lowest BCUT2D eigenvalue weighted by atomic mass is 10.1. The van der Waals surface area contributed by atoms with Crippen LogP contribution in [0.3, 0.4) is 0 Å². The third kappa shape index (κ3) is 6.21.